The van der Waals surface area contributed by atoms with Gasteiger partial charge in [0.1, 0.15) is 0 Å². The lowest BCUT2D eigenvalue weighted by Gasteiger charge is -2.31. The molecule has 27 heavy (non-hydrogen) atoms. The number of carbonyl (C=O) groups is 1. The molecule has 150 valence electrons. The summed E-state index contributed by atoms with van der Waals surface area (Å²) >= 11 is 0. The Labute approximate surface area is 156 Å². The van der Waals surface area contributed by atoms with Gasteiger partial charge in [-0.1, -0.05) is 0 Å². The number of benzene rings is 1. The minimum Gasteiger partial charge on any atom is -0.338 e. The highest BCUT2D eigenvalue weighted by atomic mass is 32.2. The maximum absolute atomic E-state index is 12.5. The molecular formula is C17H22F3N3O3S. The van der Waals surface area contributed by atoms with E-state index < -0.39 is 27.8 Å². The molecule has 1 aromatic carbocycles. The zero-order chi connectivity index (χ0) is 19.7. The van der Waals surface area contributed by atoms with Crippen molar-refractivity contribution in [1.29, 1.82) is 0 Å². The molecule has 1 saturated heterocycles. The first-order valence-corrected chi connectivity index (χ1v) is 10.4. The van der Waals surface area contributed by atoms with Gasteiger partial charge in [-0.25, -0.2) is 17.5 Å². The minimum atomic E-state index is -4.41. The third kappa shape index (κ3) is 5.13. The summed E-state index contributed by atoms with van der Waals surface area (Å²) in [6.07, 6.45) is -1.58. The van der Waals surface area contributed by atoms with Crippen molar-refractivity contribution < 1.29 is 26.4 Å². The van der Waals surface area contributed by atoms with Crippen LogP contribution in [0.25, 0.3) is 0 Å². The molecule has 0 aromatic heterocycles. The fraction of sp³-hybridized carbons (Fsp3) is 0.588. The number of halogens is 3. The highest BCUT2D eigenvalue weighted by molar-refractivity contribution is 7.90. The number of rotatable bonds is 5. The fourth-order valence-electron chi connectivity index (χ4n) is 3.10. The number of anilines is 1. The average Bonchev–Trinajstić information content (AvgIpc) is 3.46. The Morgan fingerprint density at radius 1 is 1.07 bits per heavy atom. The Morgan fingerprint density at radius 2 is 1.67 bits per heavy atom. The van der Waals surface area contributed by atoms with Crippen LogP contribution in [0.15, 0.2) is 24.3 Å². The molecule has 2 fully saturated rings. The Balaban J connectivity index is 1.41. The van der Waals surface area contributed by atoms with E-state index in [1.807, 2.05) is 0 Å². The SMILES string of the molecule is O=C(NCC1CCN(S(=O)(=O)C2CC2)CC1)Nc1ccc(C(F)(F)F)cc1. The topological polar surface area (TPSA) is 78.5 Å². The van der Waals surface area contributed by atoms with Gasteiger partial charge in [0, 0.05) is 25.3 Å². The molecule has 0 spiro atoms. The van der Waals surface area contributed by atoms with E-state index >= 15 is 0 Å². The molecule has 1 heterocycles. The first-order chi connectivity index (χ1) is 12.7. The summed E-state index contributed by atoms with van der Waals surface area (Å²) in [5.74, 6) is 0.175. The van der Waals surface area contributed by atoms with Gasteiger partial charge in [0.15, 0.2) is 0 Å². The zero-order valence-corrected chi connectivity index (χ0v) is 15.4. The lowest BCUT2D eigenvalue weighted by Crippen LogP contribution is -2.43. The van der Waals surface area contributed by atoms with Gasteiger partial charge in [-0.15, -0.1) is 0 Å². The molecule has 6 nitrogen and oxygen atoms in total. The van der Waals surface area contributed by atoms with Crippen molar-refractivity contribution in [2.45, 2.75) is 37.1 Å². The van der Waals surface area contributed by atoms with E-state index in [2.05, 4.69) is 10.6 Å². The third-order valence-corrected chi connectivity index (χ3v) is 7.30. The largest absolute Gasteiger partial charge is 0.416 e. The number of sulfonamides is 1. The lowest BCUT2D eigenvalue weighted by atomic mass is 9.98. The van der Waals surface area contributed by atoms with Crippen LogP contribution >= 0.6 is 0 Å². The highest BCUT2D eigenvalue weighted by Crippen LogP contribution is 2.33. The van der Waals surface area contributed by atoms with E-state index in [1.54, 1.807) is 4.31 Å². The number of carbonyl (C=O) groups excluding carboxylic acids is 1. The normalized spacial score (nSPS) is 19.7. The average molecular weight is 405 g/mol. The van der Waals surface area contributed by atoms with E-state index in [-0.39, 0.29) is 16.9 Å². The number of hydrogen-bond donors (Lipinski definition) is 2. The number of nitrogens with one attached hydrogen (secondary N) is 2. The number of alkyl halides is 3. The third-order valence-electron chi connectivity index (χ3n) is 4.90. The van der Waals surface area contributed by atoms with Crippen LogP contribution in [0.1, 0.15) is 31.2 Å². The van der Waals surface area contributed by atoms with Crippen molar-refractivity contribution in [2.75, 3.05) is 25.0 Å². The van der Waals surface area contributed by atoms with E-state index in [0.717, 1.165) is 25.0 Å². The van der Waals surface area contributed by atoms with Gasteiger partial charge in [-0.2, -0.15) is 13.2 Å². The number of amides is 2. The fourth-order valence-corrected chi connectivity index (χ4v) is 4.97. The molecule has 0 bridgehead atoms. The van der Waals surface area contributed by atoms with Gasteiger partial charge in [-0.3, -0.25) is 0 Å². The molecule has 0 atom stereocenters. The smallest absolute Gasteiger partial charge is 0.338 e. The van der Waals surface area contributed by atoms with Gasteiger partial charge in [0.05, 0.1) is 10.8 Å². The number of piperidine rings is 1. The minimum absolute atomic E-state index is 0.175. The van der Waals surface area contributed by atoms with E-state index in [1.165, 1.54) is 12.1 Å². The number of hydrogen-bond acceptors (Lipinski definition) is 3. The maximum Gasteiger partial charge on any atom is 0.416 e. The van der Waals surface area contributed by atoms with Crippen LogP contribution in [-0.2, 0) is 16.2 Å². The molecule has 1 aromatic rings. The Kier molecular flexibility index (Phi) is 5.66. The van der Waals surface area contributed by atoms with Crippen LogP contribution < -0.4 is 10.6 Å². The second-order valence-electron chi connectivity index (χ2n) is 7.00. The predicted octanol–water partition coefficient (Wildman–Crippen LogP) is 3.03. The van der Waals surface area contributed by atoms with Crippen LogP contribution in [0.2, 0.25) is 0 Å². The van der Waals surface area contributed by atoms with Gasteiger partial charge < -0.3 is 10.6 Å². The van der Waals surface area contributed by atoms with Crippen LogP contribution in [0.5, 0.6) is 0 Å². The molecule has 3 rings (SSSR count). The molecule has 1 aliphatic heterocycles. The second kappa shape index (κ2) is 7.67. The van der Waals surface area contributed by atoms with E-state index in [9.17, 15) is 26.4 Å². The van der Waals surface area contributed by atoms with Gasteiger partial charge >= 0.3 is 12.2 Å². The number of urea groups is 1. The van der Waals surface area contributed by atoms with Gasteiger partial charge in [0.25, 0.3) is 0 Å². The van der Waals surface area contributed by atoms with Crippen molar-refractivity contribution in [1.82, 2.24) is 9.62 Å². The first-order valence-electron chi connectivity index (χ1n) is 8.87. The summed E-state index contributed by atoms with van der Waals surface area (Å²) in [6.45, 7) is 1.32. The number of nitrogens with zero attached hydrogens (tertiary/aromatic N) is 1. The van der Waals surface area contributed by atoms with E-state index in [4.69, 9.17) is 0 Å². The van der Waals surface area contributed by atoms with Gasteiger partial charge in [0.2, 0.25) is 10.0 Å². The lowest BCUT2D eigenvalue weighted by molar-refractivity contribution is -0.137. The maximum atomic E-state index is 12.5. The van der Waals surface area contributed by atoms with Crippen LogP contribution in [0.3, 0.4) is 0 Å². The molecular weight excluding hydrogens is 383 g/mol. The van der Waals surface area contributed by atoms with Crippen molar-refractivity contribution in [2.24, 2.45) is 5.92 Å². The van der Waals surface area contributed by atoms with Crippen molar-refractivity contribution >= 4 is 21.7 Å². The van der Waals surface area contributed by atoms with Crippen molar-refractivity contribution in [3.8, 4) is 0 Å². The summed E-state index contributed by atoms with van der Waals surface area (Å²) in [5.41, 5.74) is -0.507. The standard InChI is InChI=1S/C17H22F3N3O3S/c18-17(19,20)13-1-3-14(4-2-13)22-16(24)21-11-12-7-9-23(10-8-12)27(25,26)15-5-6-15/h1-4,12,15H,5-11H2,(H2,21,22,24). The van der Waals surface area contributed by atoms with Crippen LogP contribution in [0.4, 0.5) is 23.7 Å². The Hall–Kier alpha value is -1.81. The Bertz CT molecular complexity index is 769. The molecule has 0 unspecified atom stereocenters. The summed E-state index contributed by atoms with van der Waals surface area (Å²) in [7, 11) is -3.14. The quantitative estimate of drug-likeness (QED) is 0.790. The second-order valence-corrected chi connectivity index (χ2v) is 9.21. The molecule has 1 aliphatic carbocycles. The Morgan fingerprint density at radius 3 is 2.19 bits per heavy atom. The summed E-state index contributed by atoms with van der Waals surface area (Å²) in [5, 5.41) is 4.98. The highest BCUT2D eigenvalue weighted by Gasteiger charge is 2.41. The summed E-state index contributed by atoms with van der Waals surface area (Å²) < 4.78 is 63.5. The van der Waals surface area contributed by atoms with Crippen LogP contribution in [-0.4, -0.2) is 43.6 Å². The van der Waals surface area contributed by atoms with Crippen molar-refractivity contribution in [3.05, 3.63) is 29.8 Å². The summed E-state index contributed by atoms with van der Waals surface area (Å²) in [6, 6.07) is 3.72. The predicted molar refractivity (Wildman–Crippen MR) is 94.7 cm³/mol. The molecule has 10 heteroatoms. The molecule has 2 N–H and O–H groups in total. The zero-order valence-electron chi connectivity index (χ0n) is 14.6. The molecule has 1 saturated carbocycles. The molecule has 2 amide bonds. The van der Waals surface area contributed by atoms with Gasteiger partial charge in [-0.05, 0) is 55.9 Å². The summed E-state index contributed by atoms with van der Waals surface area (Å²) in [4.78, 5) is 11.9. The molecule has 0 radical (unpaired) electrons. The molecule has 2 aliphatic rings. The first kappa shape index (κ1) is 19.9. The van der Waals surface area contributed by atoms with Crippen molar-refractivity contribution in [3.63, 3.8) is 0 Å². The van der Waals surface area contributed by atoms with E-state index in [0.29, 0.717) is 32.5 Å². The monoisotopic (exact) mass is 405 g/mol. The van der Waals surface area contributed by atoms with Crippen LogP contribution in [0, 0.1) is 5.92 Å².